The second-order valence-corrected chi connectivity index (χ2v) is 9.53. The fourth-order valence-corrected chi connectivity index (χ4v) is 4.15. The predicted octanol–water partition coefficient (Wildman–Crippen LogP) is 3.78. The Kier molecular flexibility index (Phi) is 3.63. The number of rotatable bonds is 0. The molecule has 1 spiro atoms. The highest BCUT2D eigenvalue weighted by Crippen LogP contribution is 2.66. The molecule has 1 amide bonds. The van der Waals surface area contributed by atoms with E-state index in [2.05, 4.69) is 0 Å². The van der Waals surface area contributed by atoms with Gasteiger partial charge >= 0.3 is 6.09 Å². The maximum absolute atomic E-state index is 12.4. The van der Waals surface area contributed by atoms with Crippen molar-refractivity contribution < 1.29 is 14.3 Å². The molecule has 4 nitrogen and oxygen atoms in total. The van der Waals surface area contributed by atoms with Crippen LogP contribution < -0.4 is 0 Å². The van der Waals surface area contributed by atoms with Crippen LogP contribution in [0.25, 0.3) is 0 Å². The maximum atomic E-state index is 12.4. The Bertz CT molecular complexity index is 490. The van der Waals surface area contributed by atoms with Gasteiger partial charge in [-0.05, 0) is 26.2 Å². The average molecular weight is 336 g/mol. The van der Waals surface area contributed by atoms with Gasteiger partial charge in [0.15, 0.2) is 10.1 Å². The van der Waals surface area contributed by atoms with Gasteiger partial charge in [-0.3, -0.25) is 4.79 Å². The van der Waals surface area contributed by atoms with E-state index in [1.807, 2.05) is 41.5 Å². The van der Waals surface area contributed by atoms with Crippen LogP contribution in [0.4, 0.5) is 4.79 Å². The van der Waals surface area contributed by atoms with Crippen molar-refractivity contribution >= 4 is 35.1 Å². The molecule has 6 heteroatoms. The Morgan fingerprint density at radius 1 is 1.24 bits per heavy atom. The molecule has 0 aromatic heterocycles. The maximum Gasteiger partial charge on any atom is 0.410 e. The van der Waals surface area contributed by atoms with E-state index in [4.69, 9.17) is 27.9 Å². The van der Waals surface area contributed by atoms with Gasteiger partial charge in [0.25, 0.3) is 0 Å². The Labute approximate surface area is 136 Å². The van der Waals surface area contributed by atoms with Crippen molar-refractivity contribution in [3.05, 3.63) is 0 Å². The van der Waals surface area contributed by atoms with Gasteiger partial charge in [0.1, 0.15) is 5.60 Å². The molecule has 21 heavy (non-hydrogen) atoms. The molecule has 0 N–H and O–H groups in total. The first-order valence-electron chi connectivity index (χ1n) is 7.13. The van der Waals surface area contributed by atoms with Crippen molar-refractivity contribution in [3.8, 4) is 0 Å². The van der Waals surface area contributed by atoms with Crippen LogP contribution >= 0.6 is 23.2 Å². The SMILES string of the molecule is CC(C)(C)OC(=O)N1CC2(CC(=O)C2(Cl)Cl)C1C(C)(C)C. The topological polar surface area (TPSA) is 46.6 Å². The van der Waals surface area contributed by atoms with Crippen molar-refractivity contribution in [2.24, 2.45) is 10.8 Å². The molecule has 0 aromatic rings. The minimum Gasteiger partial charge on any atom is -0.444 e. The third kappa shape index (κ3) is 2.44. The molecule has 2 rings (SSSR count). The van der Waals surface area contributed by atoms with Gasteiger partial charge in [0.05, 0.1) is 11.5 Å². The van der Waals surface area contributed by atoms with Crippen LogP contribution in [0.2, 0.25) is 0 Å². The molecule has 1 saturated carbocycles. The van der Waals surface area contributed by atoms with E-state index >= 15 is 0 Å². The minimum absolute atomic E-state index is 0.163. The van der Waals surface area contributed by atoms with Gasteiger partial charge in [-0.25, -0.2) is 4.79 Å². The van der Waals surface area contributed by atoms with Crippen LogP contribution in [-0.2, 0) is 9.53 Å². The van der Waals surface area contributed by atoms with Crippen LogP contribution in [0.1, 0.15) is 48.0 Å². The summed E-state index contributed by atoms with van der Waals surface area (Å²) in [6, 6.07) is -0.215. The second kappa shape index (κ2) is 4.51. The van der Waals surface area contributed by atoms with E-state index in [9.17, 15) is 9.59 Å². The zero-order valence-electron chi connectivity index (χ0n) is 13.4. The minimum atomic E-state index is -1.40. The number of hydrogen-bond acceptors (Lipinski definition) is 3. The molecule has 1 saturated heterocycles. The summed E-state index contributed by atoms with van der Waals surface area (Å²) < 4.78 is 4.04. The average Bonchev–Trinajstić information content (AvgIpc) is 2.17. The zero-order valence-corrected chi connectivity index (χ0v) is 14.9. The van der Waals surface area contributed by atoms with Crippen molar-refractivity contribution in [2.45, 2.75) is 63.9 Å². The summed E-state index contributed by atoms with van der Waals surface area (Å²) in [7, 11) is 0. The number of halogens is 2. The lowest BCUT2D eigenvalue weighted by Gasteiger charge is -2.68. The highest BCUT2D eigenvalue weighted by atomic mass is 35.5. The Morgan fingerprint density at radius 3 is 2.10 bits per heavy atom. The van der Waals surface area contributed by atoms with Crippen molar-refractivity contribution in [1.82, 2.24) is 4.90 Å². The standard InChI is InChI=1S/C15H23Cl2NO3/c1-12(2,3)10-14(7-9(19)15(14,16)17)8-18(10)11(20)21-13(4,5)6/h10H,7-8H2,1-6H3. The van der Waals surface area contributed by atoms with Gasteiger partial charge < -0.3 is 9.64 Å². The van der Waals surface area contributed by atoms with E-state index in [1.165, 1.54) is 0 Å². The van der Waals surface area contributed by atoms with Crippen molar-refractivity contribution in [2.75, 3.05) is 6.54 Å². The number of likely N-dealkylation sites (tertiary alicyclic amines) is 1. The fourth-order valence-electron chi connectivity index (χ4n) is 3.56. The highest BCUT2D eigenvalue weighted by Gasteiger charge is 2.76. The van der Waals surface area contributed by atoms with Crippen LogP contribution in [0.3, 0.4) is 0 Å². The number of alkyl halides is 2. The summed E-state index contributed by atoms with van der Waals surface area (Å²) in [5.41, 5.74) is -1.36. The number of nitrogens with zero attached hydrogens (tertiary/aromatic N) is 1. The third-order valence-corrected chi connectivity index (χ3v) is 5.36. The fraction of sp³-hybridized carbons (Fsp3) is 0.867. The zero-order chi connectivity index (χ0) is 16.4. The second-order valence-electron chi connectivity index (χ2n) is 8.21. The number of Topliss-reactive ketones (excluding diaryl/α,β-unsaturated/α-hetero) is 1. The Balaban J connectivity index is 2.25. The number of ether oxygens (including phenoxy) is 1. The summed E-state index contributed by atoms with van der Waals surface area (Å²) >= 11 is 12.5. The number of amides is 1. The monoisotopic (exact) mass is 335 g/mol. The molecule has 2 aliphatic rings. The molecule has 0 bridgehead atoms. The quantitative estimate of drug-likeness (QED) is 0.633. The van der Waals surface area contributed by atoms with Gasteiger partial charge in [-0.2, -0.15) is 0 Å². The van der Waals surface area contributed by atoms with Crippen LogP contribution in [0.5, 0.6) is 0 Å². The molecule has 120 valence electrons. The van der Waals surface area contributed by atoms with E-state index < -0.39 is 15.3 Å². The smallest absolute Gasteiger partial charge is 0.410 e. The molecule has 1 heterocycles. The number of ketones is 1. The summed E-state index contributed by atoms with van der Waals surface area (Å²) in [5.74, 6) is -0.163. The first kappa shape index (κ1) is 16.9. The molecule has 2 atom stereocenters. The molecule has 1 aliphatic carbocycles. The molecule has 0 aromatic carbocycles. The summed E-state index contributed by atoms with van der Waals surface area (Å²) in [6.07, 6.45) is -0.0575. The highest BCUT2D eigenvalue weighted by molar-refractivity contribution is 6.61. The van der Waals surface area contributed by atoms with E-state index in [0.29, 0.717) is 13.0 Å². The normalized spacial score (nSPS) is 31.7. The van der Waals surface area contributed by atoms with Crippen LogP contribution in [0.15, 0.2) is 0 Å². The summed E-state index contributed by atoms with van der Waals surface area (Å²) in [6.45, 7) is 11.9. The van der Waals surface area contributed by atoms with E-state index in [-0.39, 0.29) is 23.3 Å². The molecular weight excluding hydrogens is 313 g/mol. The number of hydrogen-bond donors (Lipinski definition) is 0. The molecular formula is C15H23Cl2NO3. The Morgan fingerprint density at radius 2 is 1.76 bits per heavy atom. The first-order chi connectivity index (χ1) is 9.22. The van der Waals surface area contributed by atoms with Crippen molar-refractivity contribution in [1.29, 1.82) is 0 Å². The van der Waals surface area contributed by atoms with Crippen LogP contribution in [0, 0.1) is 10.8 Å². The predicted molar refractivity (Wildman–Crippen MR) is 82.7 cm³/mol. The van der Waals surface area contributed by atoms with Gasteiger partial charge in [0, 0.05) is 13.0 Å². The van der Waals surface area contributed by atoms with E-state index in [0.717, 1.165) is 0 Å². The lowest BCUT2D eigenvalue weighted by atomic mass is 9.51. The number of carbonyl (C=O) groups is 2. The lowest BCUT2D eigenvalue weighted by molar-refractivity contribution is -0.177. The van der Waals surface area contributed by atoms with Crippen molar-refractivity contribution in [3.63, 3.8) is 0 Å². The van der Waals surface area contributed by atoms with E-state index in [1.54, 1.807) is 4.90 Å². The molecule has 0 radical (unpaired) electrons. The first-order valence-corrected chi connectivity index (χ1v) is 7.89. The summed E-state index contributed by atoms with van der Waals surface area (Å²) in [4.78, 5) is 25.7. The van der Waals surface area contributed by atoms with Gasteiger partial charge in [-0.1, -0.05) is 44.0 Å². The largest absolute Gasteiger partial charge is 0.444 e. The number of carbonyl (C=O) groups excluding carboxylic acids is 2. The van der Waals surface area contributed by atoms with Gasteiger partial charge in [0.2, 0.25) is 0 Å². The Hall–Kier alpha value is -0.480. The van der Waals surface area contributed by atoms with Gasteiger partial charge in [-0.15, -0.1) is 0 Å². The molecule has 1 aliphatic heterocycles. The summed E-state index contributed by atoms with van der Waals surface area (Å²) in [5, 5.41) is 0. The molecule has 2 fully saturated rings. The molecule has 2 unspecified atom stereocenters. The third-order valence-electron chi connectivity index (χ3n) is 4.19. The lowest BCUT2D eigenvalue weighted by Crippen LogP contribution is -2.82. The van der Waals surface area contributed by atoms with Crippen LogP contribution in [-0.4, -0.2) is 39.3 Å².